The number of carboxylic acids is 1. The van der Waals surface area contributed by atoms with E-state index in [2.05, 4.69) is 6.58 Å². The van der Waals surface area contributed by atoms with Gasteiger partial charge < -0.3 is 5.11 Å². The molecule has 0 aliphatic carbocycles. The van der Waals surface area contributed by atoms with Crippen LogP contribution in [0.5, 0.6) is 0 Å². The summed E-state index contributed by atoms with van der Waals surface area (Å²) >= 11 is 1.52. The van der Waals surface area contributed by atoms with Crippen molar-refractivity contribution < 1.29 is 9.90 Å². The minimum Gasteiger partial charge on any atom is -0.478 e. The SMILES string of the molecule is C=C(C(=O)O)c1ccccc1SC. The molecule has 1 rings (SSSR count). The van der Waals surface area contributed by atoms with Gasteiger partial charge in [-0.2, -0.15) is 0 Å². The molecule has 0 heterocycles. The van der Waals surface area contributed by atoms with Crippen molar-refractivity contribution >= 4 is 23.3 Å². The molecule has 1 N–H and O–H groups in total. The lowest BCUT2D eigenvalue weighted by atomic mass is 10.1. The lowest BCUT2D eigenvalue weighted by molar-refractivity contribution is -0.130. The molecule has 0 aliphatic rings. The van der Waals surface area contributed by atoms with Crippen LogP contribution in [0.2, 0.25) is 0 Å². The number of thioether (sulfide) groups is 1. The van der Waals surface area contributed by atoms with Crippen LogP contribution in [0.1, 0.15) is 5.56 Å². The lowest BCUT2D eigenvalue weighted by Crippen LogP contribution is -1.98. The standard InChI is InChI=1S/C10H10O2S/c1-7(10(11)12)8-5-3-4-6-9(8)13-2/h3-6H,1H2,2H3,(H,11,12). The molecule has 0 atom stereocenters. The van der Waals surface area contributed by atoms with Gasteiger partial charge in [-0.15, -0.1) is 11.8 Å². The second-order valence-corrected chi connectivity index (χ2v) is 3.33. The summed E-state index contributed by atoms with van der Waals surface area (Å²) in [6, 6.07) is 7.34. The van der Waals surface area contributed by atoms with Crippen molar-refractivity contribution in [2.75, 3.05) is 6.26 Å². The minimum atomic E-state index is -0.971. The maximum absolute atomic E-state index is 10.7. The molecular weight excluding hydrogens is 184 g/mol. The fraction of sp³-hybridized carbons (Fsp3) is 0.100. The largest absolute Gasteiger partial charge is 0.478 e. The van der Waals surface area contributed by atoms with Crippen LogP contribution in [0.15, 0.2) is 35.7 Å². The highest BCUT2D eigenvalue weighted by Gasteiger charge is 2.10. The van der Waals surface area contributed by atoms with Gasteiger partial charge in [-0.05, 0) is 12.3 Å². The van der Waals surface area contributed by atoms with Crippen LogP contribution < -0.4 is 0 Å². The third kappa shape index (κ3) is 2.12. The second-order valence-electron chi connectivity index (χ2n) is 2.48. The predicted octanol–water partition coefficient (Wildman–Crippen LogP) is 2.51. The molecule has 0 fully saturated rings. The third-order valence-electron chi connectivity index (χ3n) is 1.69. The van der Waals surface area contributed by atoms with Crippen molar-refractivity contribution in [2.45, 2.75) is 4.90 Å². The maximum Gasteiger partial charge on any atom is 0.335 e. The highest BCUT2D eigenvalue weighted by molar-refractivity contribution is 7.98. The molecule has 13 heavy (non-hydrogen) atoms. The Morgan fingerprint density at radius 2 is 2.08 bits per heavy atom. The molecule has 0 bridgehead atoms. The van der Waals surface area contributed by atoms with Crippen LogP contribution in [-0.4, -0.2) is 17.3 Å². The Balaban J connectivity index is 3.13. The Hall–Kier alpha value is -1.22. The van der Waals surface area contributed by atoms with Crippen LogP contribution >= 0.6 is 11.8 Å². The molecule has 0 amide bonds. The number of hydrogen-bond donors (Lipinski definition) is 1. The molecular formula is C10H10O2S. The maximum atomic E-state index is 10.7. The van der Waals surface area contributed by atoms with Gasteiger partial charge in [0.15, 0.2) is 0 Å². The van der Waals surface area contributed by atoms with Crippen molar-refractivity contribution in [2.24, 2.45) is 0 Å². The first-order valence-electron chi connectivity index (χ1n) is 3.72. The monoisotopic (exact) mass is 194 g/mol. The highest BCUT2D eigenvalue weighted by Crippen LogP contribution is 2.25. The number of carbonyl (C=O) groups is 1. The molecule has 1 aromatic rings. The van der Waals surface area contributed by atoms with Crippen LogP contribution in [0, 0.1) is 0 Å². The Morgan fingerprint density at radius 3 is 2.62 bits per heavy atom. The summed E-state index contributed by atoms with van der Waals surface area (Å²) in [5, 5.41) is 8.75. The average molecular weight is 194 g/mol. The molecule has 0 aliphatic heterocycles. The summed E-state index contributed by atoms with van der Waals surface area (Å²) in [5.74, 6) is -0.971. The fourth-order valence-corrected chi connectivity index (χ4v) is 1.63. The number of hydrogen-bond acceptors (Lipinski definition) is 2. The summed E-state index contributed by atoms with van der Waals surface area (Å²) < 4.78 is 0. The molecule has 1 aromatic carbocycles. The van der Waals surface area contributed by atoms with Gasteiger partial charge >= 0.3 is 5.97 Å². The normalized spacial score (nSPS) is 9.62. The van der Waals surface area contributed by atoms with Crippen LogP contribution in [0.25, 0.3) is 5.57 Å². The van der Waals surface area contributed by atoms with Crippen molar-refractivity contribution in [1.29, 1.82) is 0 Å². The summed E-state index contributed by atoms with van der Waals surface area (Å²) in [6.07, 6.45) is 1.91. The number of benzene rings is 1. The van der Waals surface area contributed by atoms with Crippen molar-refractivity contribution in [3.05, 3.63) is 36.4 Å². The molecule has 2 nitrogen and oxygen atoms in total. The molecule has 3 heteroatoms. The second kappa shape index (κ2) is 4.14. The molecule has 0 saturated heterocycles. The average Bonchev–Trinajstić information content (AvgIpc) is 2.16. The van der Waals surface area contributed by atoms with Gasteiger partial charge in [-0.1, -0.05) is 24.8 Å². The van der Waals surface area contributed by atoms with Gasteiger partial charge in [0.2, 0.25) is 0 Å². The summed E-state index contributed by atoms with van der Waals surface area (Å²) in [4.78, 5) is 11.6. The first kappa shape index (κ1) is 9.86. The molecule has 0 unspecified atom stereocenters. The van der Waals surface area contributed by atoms with Crippen molar-refractivity contribution in [1.82, 2.24) is 0 Å². The molecule has 68 valence electrons. The van der Waals surface area contributed by atoms with Crippen LogP contribution in [0.3, 0.4) is 0 Å². The van der Waals surface area contributed by atoms with Gasteiger partial charge in [-0.3, -0.25) is 0 Å². The van der Waals surface area contributed by atoms with E-state index in [0.29, 0.717) is 5.56 Å². The number of aliphatic carboxylic acids is 1. The Morgan fingerprint density at radius 1 is 1.46 bits per heavy atom. The van der Waals surface area contributed by atoms with Gasteiger partial charge in [0, 0.05) is 10.5 Å². The van der Waals surface area contributed by atoms with Crippen molar-refractivity contribution in [3.8, 4) is 0 Å². The molecule has 0 aromatic heterocycles. The fourth-order valence-electron chi connectivity index (χ4n) is 1.01. The summed E-state index contributed by atoms with van der Waals surface area (Å²) in [6.45, 7) is 3.52. The summed E-state index contributed by atoms with van der Waals surface area (Å²) in [7, 11) is 0. The van der Waals surface area contributed by atoms with E-state index in [1.165, 1.54) is 11.8 Å². The Labute approximate surface area is 81.3 Å². The third-order valence-corrected chi connectivity index (χ3v) is 2.49. The van der Waals surface area contributed by atoms with Crippen molar-refractivity contribution in [3.63, 3.8) is 0 Å². The van der Waals surface area contributed by atoms with E-state index in [-0.39, 0.29) is 5.57 Å². The van der Waals surface area contributed by atoms with Gasteiger partial charge in [-0.25, -0.2) is 4.79 Å². The number of carboxylic acid groups (broad SMARTS) is 1. The Bertz CT molecular complexity index is 345. The van der Waals surface area contributed by atoms with Crippen LogP contribution in [0.4, 0.5) is 0 Å². The van der Waals surface area contributed by atoms with E-state index in [4.69, 9.17) is 5.11 Å². The van der Waals surface area contributed by atoms with E-state index in [1.807, 2.05) is 24.5 Å². The summed E-state index contributed by atoms with van der Waals surface area (Å²) in [5.41, 5.74) is 0.840. The molecule has 0 radical (unpaired) electrons. The molecule has 0 saturated carbocycles. The van der Waals surface area contributed by atoms with E-state index < -0.39 is 5.97 Å². The van der Waals surface area contributed by atoms with Gasteiger partial charge in [0.05, 0.1) is 5.57 Å². The van der Waals surface area contributed by atoms with Gasteiger partial charge in [0.1, 0.15) is 0 Å². The van der Waals surface area contributed by atoms with E-state index in [0.717, 1.165) is 4.90 Å². The van der Waals surface area contributed by atoms with E-state index in [9.17, 15) is 4.79 Å². The van der Waals surface area contributed by atoms with Crippen LogP contribution in [-0.2, 0) is 4.79 Å². The first-order valence-corrected chi connectivity index (χ1v) is 4.95. The quantitative estimate of drug-likeness (QED) is 0.593. The lowest BCUT2D eigenvalue weighted by Gasteiger charge is -2.05. The topological polar surface area (TPSA) is 37.3 Å². The zero-order chi connectivity index (χ0) is 9.84. The predicted molar refractivity (Wildman–Crippen MR) is 54.9 cm³/mol. The minimum absolute atomic E-state index is 0.143. The van der Waals surface area contributed by atoms with Gasteiger partial charge in [0.25, 0.3) is 0 Å². The first-order chi connectivity index (χ1) is 6.16. The Kier molecular flexibility index (Phi) is 3.14. The van der Waals surface area contributed by atoms with E-state index >= 15 is 0 Å². The molecule has 0 spiro atoms. The highest BCUT2D eigenvalue weighted by atomic mass is 32.2. The van der Waals surface area contributed by atoms with E-state index in [1.54, 1.807) is 6.07 Å². The zero-order valence-electron chi connectivity index (χ0n) is 7.28. The zero-order valence-corrected chi connectivity index (χ0v) is 8.10. The number of rotatable bonds is 3. The smallest absolute Gasteiger partial charge is 0.335 e.